The molecule has 0 bridgehead atoms. The monoisotopic (exact) mass is 366 g/mol. The Kier molecular flexibility index (Phi) is 9.71. The summed E-state index contributed by atoms with van der Waals surface area (Å²) in [5.74, 6) is 0. The van der Waals surface area contributed by atoms with Crippen LogP contribution in [0.25, 0.3) is 10.8 Å². The predicted molar refractivity (Wildman–Crippen MR) is 105 cm³/mol. The molecule has 5 heteroatoms. The first-order chi connectivity index (χ1) is 11.9. The standard InChI is InChI=1S/C20H28.H2O4S/c1-3-5-7-11-17-15-16-18-12-9-10-14-20(18)19(17)13-8-6-4-2;1-5(2,3)4/h9-10,12,14-16H,3-8,11,13H2,1-2H3;(H2,1,2,3,4). The highest BCUT2D eigenvalue weighted by Crippen LogP contribution is 2.26. The van der Waals surface area contributed by atoms with Gasteiger partial charge in [-0.05, 0) is 47.6 Å². The molecule has 0 atom stereocenters. The number of aryl methyl sites for hydroxylation is 2. The first-order valence-corrected chi connectivity index (χ1v) is 10.5. The van der Waals surface area contributed by atoms with Crippen LogP contribution < -0.4 is 0 Å². The van der Waals surface area contributed by atoms with Crippen molar-refractivity contribution in [3.63, 3.8) is 0 Å². The number of benzene rings is 2. The molecule has 0 heterocycles. The highest BCUT2D eigenvalue weighted by molar-refractivity contribution is 7.79. The van der Waals surface area contributed by atoms with Gasteiger partial charge in [-0.25, -0.2) is 0 Å². The van der Waals surface area contributed by atoms with Gasteiger partial charge in [0.1, 0.15) is 0 Å². The van der Waals surface area contributed by atoms with Crippen LogP contribution >= 0.6 is 0 Å². The molecule has 0 radical (unpaired) electrons. The Morgan fingerprint density at radius 1 is 0.800 bits per heavy atom. The molecule has 0 spiro atoms. The van der Waals surface area contributed by atoms with E-state index in [1.165, 1.54) is 62.1 Å². The zero-order valence-corrected chi connectivity index (χ0v) is 16.1. The van der Waals surface area contributed by atoms with Crippen molar-refractivity contribution in [1.82, 2.24) is 0 Å². The molecule has 2 aromatic rings. The van der Waals surface area contributed by atoms with Crippen molar-refractivity contribution in [3.05, 3.63) is 47.5 Å². The third kappa shape index (κ3) is 9.00. The van der Waals surface area contributed by atoms with Gasteiger partial charge in [0.2, 0.25) is 0 Å². The summed E-state index contributed by atoms with van der Waals surface area (Å²) >= 11 is 0. The third-order valence-corrected chi connectivity index (χ3v) is 4.22. The molecule has 25 heavy (non-hydrogen) atoms. The minimum absolute atomic E-state index is 1.25. The smallest absolute Gasteiger partial charge is 0.264 e. The van der Waals surface area contributed by atoms with Gasteiger partial charge in [0.15, 0.2) is 0 Å². The van der Waals surface area contributed by atoms with E-state index in [1.54, 1.807) is 11.1 Å². The fraction of sp³-hybridized carbons (Fsp3) is 0.500. The first-order valence-electron chi connectivity index (χ1n) is 9.06. The summed E-state index contributed by atoms with van der Waals surface area (Å²) < 4.78 is 31.6. The zero-order valence-electron chi connectivity index (χ0n) is 15.2. The minimum Gasteiger partial charge on any atom is -0.264 e. The Hall–Kier alpha value is -1.43. The topological polar surface area (TPSA) is 74.6 Å². The second-order valence-electron chi connectivity index (χ2n) is 6.29. The van der Waals surface area contributed by atoms with E-state index in [2.05, 4.69) is 50.2 Å². The highest BCUT2D eigenvalue weighted by atomic mass is 32.3. The molecule has 2 N–H and O–H groups in total. The largest absolute Gasteiger partial charge is 0.394 e. The lowest BCUT2D eigenvalue weighted by atomic mass is 9.92. The van der Waals surface area contributed by atoms with Gasteiger partial charge in [-0.2, -0.15) is 8.42 Å². The van der Waals surface area contributed by atoms with E-state index in [9.17, 15) is 0 Å². The van der Waals surface area contributed by atoms with Gasteiger partial charge in [0, 0.05) is 0 Å². The Morgan fingerprint density at radius 2 is 1.36 bits per heavy atom. The van der Waals surface area contributed by atoms with E-state index in [0.29, 0.717) is 0 Å². The third-order valence-electron chi connectivity index (χ3n) is 4.22. The van der Waals surface area contributed by atoms with Crippen LogP contribution in [-0.2, 0) is 23.2 Å². The van der Waals surface area contributed by atoms with Crippen LogP contribution in [-0.4, -0.2) is 17.5 Å². The average Bonchev–Trinajstić information content (AvgIpc) is 2.55. The van der Waals surface area contributed by atoms with Crippen LogP contribution in [0.15, 0.2) is 36.4 Å². The molecule has 0 fully saturated rings. The fourth-order valence-corrected chi connectivity index (χ4v) is 3.03. The molecule has 0 aliphatic rings. The summed E-state index contributed by atoms with van der Waals surface area (Å²) in [5.41, 5.74) is 3.21. The molecule has 0 amide bonds. The minimum atomic E-state index is -4.67. The lowest BCUT2D eigenvalue weighted by molar-refractivity contribution is 0.381. The Bertz CT molecular complexity index is 730. The summed E-state index contributed by atoms with van der Waals surface area (Å²) in [6.07, 6.45) is 10.4. The van der Waals surface area contributed by atoms with E-state index >= 15 is 0 Å². The number of fused-ring (bicyclic) bond motifs is 1. The zero-order chi connectivity index (χ0) is 18.7. The highest BCUT2D eigenvalue weighted by Gasteiger charge is 2.07. The molecular weight excluding hydrogens is 336 g/mol. The van der Waals surface area contributed by atoms with Gasteiger partial charge in [0.05, 0.1) is 0 Å². The normalized spacial score (nSPS) is 11.2. The summed E-state index contributed by atoms with van der Waals surface area (Å²) in [4.78, 5) is 0. The first kappa shape index (κ1) is 21.6. The number of unbranched alkanes of at least 4 members (excludes halogenated alkanes) is 4. The summed E-state index contributed by atoms with van der Waals surface area (Å²) in [7, 11) is -4.67. The molecule has 0 aliphatic heterocycles. The average molecular weight is 367 g/mol. The van der Waals surface area contributed by atoms with Crippen LogP contribution in [0.4, 0.5) is 0 Å². The second-order valence-corrected chi connectivity index (χ2v) is 7.18. The van der Waals surface area contributed by atoms with E-state index in [0.717, 1.165) is 0 Å². The SMILES string of the molecule is CCCCCc1ccc2ccccc2c1CCCCC.O=S(=O)(O)O. The second kappa shape index (κ2) is 11.2. The van der Waals surface area contributed by atoms with Crippen molar-refractivity contribution in [1.29, 1.82) is 0 Å². The van der Waals surface area contributed by atoms with Crippen LogP contribution in [0.5, 0.6) is 0 Å². The number of rotatable bonds is 8. The van der Waals surface area contributed by atoms with Gasteiger partial charge in [0.25, 0.3) is 0 Å². The van der Waals surface area contributed by atoms with Crippen molar-refractivity contribution < 1.29 is 17.5 Å². The van der Waals surface area contributed by atoms with Gasteiger partial charge in [-0.1, -0.05) is 75.9 Å². The molecule has 0 aliphatic carbocycles. The van der Waals surface area contributed by atoms with Crippen LogP contribution in [0.2, 0.25) is 0 Å². The van der Waals surface area contributed by atoms with E-state index < -0.39 is 10.4 Å². The Labute approximate surface area is 151 Å². The molecule has 140 valence electrons. The van der Waals surface area contributed by atoms with Crippen LogP contribution in [0, 0.1) is 0 Å². The number of hydrogen-bond acceptors (Lipinski definition) is 2. The maximum Gasteiger partial charge on any atom is 0.394 e. The van der Waals surface area contributed by atoms with Crippen molar-refractivity contribution >= 4 is 21.2 Å². The van der Waals surface area contributed by atoms with Gasteiger partial charge >= 0.3 is 10.4 Å². The molecule has 2 aromatic carbocycles. The predicted octanol–water partition coefficient (Wildman–Crippen LogP) is 5.65. The molecular formula is C20H30O4S. The summed E-state index contributed by atoms with van der Waals surface area (Å²) in [5, 5.41) is 2.89. The van der Waals surface area contributed by atoms with Gasteiger partial charge in [-0.15, -0.1) is 0 Å². The molecule has 2 rings (SSSR count). The number of hydrogen-bond donors (Lipinski definition) is 2. The summed E-state index contributed by atoms with van der Waals surface area (Å²) in [6, 6.07) is 13.6. The molecule has 0 saturated heterocycles. The van der Waals surface area contributed by atoms with Crippen molar-refractivity contribution in [2.75, 3.05) is 0 Å². The molecule has 0 aromatic heterocycles. The lowest BCUT2D eigenvalue weighted by Gasteiger charge is -2.13. The van der Waals surface area contributed by atoms with E-state index in [-0.39, 0.29) is 0 Å². The molecule has 0 unspecified atom stereocenters. The van der Waals surface area contributed by atoms with Crippen molar-refractivity contribution in [3.8, 4) is 0 Å². The molecule has 0 saturated carbocycles. The molecule has 4 nitrogen and oxygen atoms in total. The Morgan fingerprint density at radius 3 is 1.96 bits per heavy atom. The van der Waals surface area contributed by atoms with Gasteiger partial charge in [-0.3, -0.25) is 9.11 Å². The quantitative estimate of drug-likeness (QED) is 0.467. The van der Waals surface area contributed by atoms with Crippen molar-refractivity contribution in [2.24, 2.45) is 0 Å². The van der Waals surface area contributed by atoms with Gasteiger partial charge < -0.3 is 0 Å². The fourth-order valence-electron chi connectivity index (χ4n) is 3.03. The van der Waals surface area contributed by atoms with Crippen LogP contribution in [0.3, 0.4) is 0 Å². The van der Waals surface area contributed by atoms with Crippen molar-refractivity contribution in [2.45, 2.75) is 65.2 Å². The maximum atomic E-state index is 8.74. The van der Waals surface area contributed by atoms with E-state index in [1.807, 2.05) is 0 Å². The summed E-state index contributed by atoms with van der Waals surface area (Å²) in [6.45, 7) is 4.56. The van der Waals surface area contributed by atoms with E-state index in [4.69, 9.17) is 17.5 Å². The lowest BCUT2D eigenvalue weighted by Crippen LogP contribution is -1.97. The van der Waals surface area contributed by atoms with Crippen LogP contribution in [0.1, 0.15) is 63.5 Å². The maximum absolute atomic E-state index is 8.74. The Balaban J connectivity index is 0.000000550.